The van der Waals surface area contributed by atoms with E-state index in [1.165, 1.54) is 0 Å². The molecular weight excluding hydrogens is 462 g/mol. The summed E-state index contributed by atoms with van der Waals surface area (Å²) in [5, 5.41) is 7.26. The Balaban J connectivity index is 4.77. The average Bonchev–Trinajstić information content (AvgIpc) is 2.78. The number of nitrogens with zero attached hydrogens (tertiary/aromatic N) is 2. The quantitative estimate of drug-likeness (QED) is 0.0374. The summed E-state index contributed by atoms with van der Waals surface area (Å²) >= 11 is 0. The number of carbonyl (C=O) groups excluding carboxylic acids is 5. The predicted octanol–water partition coefficient (Wildman–Crippen LogP) is -5.03. The molecule has 0 fully saturated rings. The molecule has 0 heterocycles. The van der Waals surface area contributed by atoms with Gasteiger partial charge in [-0.25, -0.2) is 0 Å². The maximum atomic E-state index is 12.5. The molecule has 0 spiro atoms. The van der Waals surface area contributed by atoms with Gasteiger partial charge >= 0.3 is 0 Å². The highest BCUT2D eigenvalue weighted by Gasteiger charge is 2.24. The lowest BCUT2D eigenvalue weighted by atomic mass is 10.1. The first kappa shape index (κ1) is 31.0. The van der Waals surface area contributed by atoms with Gasteiger partial charge in [-0.3, -0.25) is 29.2 Å². The monoisotopic (exact) mass is 499 g/mol. The number of rotatable bonds is 18. The molecule has 0 aliphatic carbocycles. The Labute approximate surface area is 203 Å². The molecule has 0 aromatic carbocycles. The molecular formula is C19H37N11O5. The number of aldehydes is 1. The third-order valence-corrected chi connectivity index (χ3v) is 4.52. The van der Waals surface area contributed by atoms with Crippen LogP contribution in [0, 0.1) is 0 Å². The zero-order valence-electron chi connectivity index (χ0n) is 19.6. The van der Waals surface area contributed by atoms with Gasteiger partial charge in [0.05, 0.1) is 18.6 Å². The van der Waals surface area contributed by atoms with Crippen molar-refractivity contribution in [2.45, 2.75) is 56.7 Å². The molecule has 3 atom stereocenters. The fraction of sp³-hybridized carbons (Fsp3) is 0.632. The largest absolute Gasteiger partial charge is 0.370 e. The number of aliphatic imine (C=N–C) groups is 2. The Hall–Kier alpha value is -3.95. The highest BCUT2D eigenvalue weighted by atomic mass is 16.2. The second-order valence-corrected chi connectivity index (χ2v) is 7.60. The topological polar surface area (TPSA) is 302 Å². The lowest BCUT2D eigenvalue weighted by Gasteiger charge is -2.20. The first-order valence-electron chi connectivity index (χ1n) is 10.9. The number of carbonyl (C=O) groups is 5. The summed E-state index contributed by atoms with van der Waals surface area (Å²) in [5.74, 6) is -2.83. The summed E-state index contributed by atoms with van der Waals surface area (Å²) in [6.07, 6.45) is 1.67. The van der Waals surface area contributed by atoms with Crippen LogP contribution in [0.5, 0.6) is 0 Å². The van der Waals surface area contributed by atoms with E-state index in [9.17, 15) is 24.0 Å². The van der Waals surface area contributed by atoms with Crippen LogP contribution in [0.2, 0.25) is 0 Å². The van der Waals surface area contributed by atoms with Crippen molar-refractivity contribution in [1.29, 1.82) is 0 Å². The van der Waals surface area contributed by atoms with Gasteiger partial charge in [-0.1, -0.05) is 0 Å². The average molecular weight is 500 g/mol. The Morgan fingerprint density at radius 1 is 0.800 bits per heavy atom. The van der Waals surface area contributed by atoms with E-state index in [1.807, 2.05) is 0 Å². The second-order valence-electron chi connectivity index (χ2n) is 7.60. The van der Waals surface area contributed by atoms with Crippen LogP contribution in [-0.4, -0.2) is 79.6 Å². The number of hydrogen-bond acceptors (Lipinski definition) is 8. The van der Waals surface area contributed by atoms with Crippen molar-refractivity contribution >= 4 is 41.8 Å². The molecule has 0 aliphatic heterocycles. The van der Waals surface area contributed by atoms with E-state index in [2.05, 4.69) is 25.9 Å². The van der Waals surface area contributed by atoms with Gasteiger partial charge in [-0.15, -0.1) is 0 Å². The van der Waals surface area contributed by atoms with E-state index in [-0.39, 0.29) is 44.3 Å². The van der Waals surface area contributed by atoms with Crippen LogP contribution in [0.3, 0.4) is 0 Å². The van der Waals surface area contributed by atoms with Crippen LogP contribution in [0.1, 0.15) is 38.5 Å². The summed E-state index contributed by atoms with van der Waals surface area (Å²) in [4.78, 5) is 66.9. The zero-order valence-corrected chi connectivity index (χ0v) is 19.6. The number of nitrogens with two attached hydrogens (primary N) is 6. The Bertz CT molecular complexity index is 779. The number of primary amides is 1. The minimum absolute atomic E-state index is 0.0794. The van der Waals surface area contributed by atoms with Crippen molar-refractivity contribution in [2.75, 3.05) is 19.6 Å². The molecule has 4 amide bonds. The van der Waals surface area contributed by atoms with E-state index in [0.717, 1.165) is 0 Å². The van der Waals surface area contributed by atoms with E-state index in [1.54, 1.807) is 0 Å². The predicted molar refractivity (Wildman–Crippen MR) is 129 cm³/mol. The highest BCUT2D eigenvalue weighted by Crippen LogP contribution is 2.01. The maximum Gasteiger partial charge on any atom is 0.243 e. The molecule has 16 nitrogen and oxygen atoms in total. The molecule has 0 rings (SSSR count). The molecule has 35 heavy (non-hydrogen) atoms. The fourth-order valence-electron chi connectivity index (χ4n) is 2.73. The first-order valence-corrected chi connectivity index (χ1v) is 10.9. The second kappa shape index (κ2) is 17.5. The molecule has 0 aromatic heterocycles. The third-order valence-electron chi connectivity index (χ3n) is 4.52. The maximum absolute atomic E-state index is 12.5. The molecule has 0 aliphatic rings. The van der Waals surface area contributed by atoms with Gasteiger partial charge in [-0.05, 0) is 32.1 Å². The Morgan fingerprint density at radius 2 is 1.37 bits per heavy atom. The van der Waals surface area contributed by atoms with Crippen molar-refractivity contribution in [3.63, 3.8) is 0 Å². The first-order chi connectivity index (χ1) is 16.5. The molecule has 0 saturated heterocycles. The van der Waals surface area contributed by atoms with E-state index >= 15 is 0 Å². The van der Waals surface area contributed by atoms with Gasteiger partial charge in [0.25, 0.3) is 0 Å². The standard InChI is InChI=1S/C19H37N11O5/c20-12(4-2-8-27-19(24)25)16(34)30-13(5-6-14(21)32)17(35)28-9-15(33)29-11(10-31)3-1-7-26-18(22)23/h10-13H,1-9,20H2,(H2,21,32)(H,28,35)(H,29,33)(H,30,34)(H4,22,23,26)(H4,24,25,27)/t11-,12-,13-/m0/s1. The van der Waals surface area contributed by atoms with Gasteiger partial charge in [0.15, 0.2) is 11.9 Å². The van der Waals surface area contributed by atoms with Gasteiger partial charge in [0.1, 0.15) is 12.3 Å². The molecule has 0 saturated carbocycles. The molecule has 15 N–H and O–H groups in total. The fourth-order valence-corrected chi connectivity index (χ4v) is 2.73. The highest BCUT2D eigenvalue weighted by molar-refractivity contribution is 5.92. The molecule has 198 valence electrons. The van der Waals surface area contributed by atoms with Crippen LogP contribution in [0.25, 0.3) is 0 Å². The summed E-state index contributed by atoms with van der Waals surface area (Å²) in [6, 6.07) is -2.91. The van der Waals surface area contributed by atoms with E-state index in [4.69, 9.17) is 34.4 Å². The van der Waals surface area contributed by atoms with Crippen LogP contribution in [0.15, 0.2) is 9.98 Å². The van der Waals surface area contributed by atoms with Crippen molar-refractivity contribution < 1.29 is 24.0 Å². The Morgan fingerprint density at radius 3 is 1.89 bits per heavy atom. The molecule has 16 heteroatoms. The molecule has 0 aromatic rings. The van der Waals surface area contributed by atoms with Crippen molar-refractivity contribution in [3.8, 4) is 0 Å². The molecule has 0 bridgehead atoms. The summed E-state index contributed by atoms with van der Waals surface area (Å²) in [7, 11) is 0. The molecule has 0 radical (unpaired) electrons. The third kappa shape index (κ3) is 16.3. The SMILES string of the molecule is NC(=O)CC[C@H](NC(=O)[C@@H](N)CCCN=C(N)N)C(=O)NCC(=O)N[C@H](C=O)CCCN=C(N)N. The smallest absolute Gasteiger partial charge is 0.243 e. The van der Waals surface area contributed by atoms with Crippen LogP contribution < -0.4 is 50.4 Å². The number of hydrogen-bond donors (Lipinski definition) is 9. The van der Waals surface area contributed by atoms with Crippen LogP contribution in [-0.2, 0) is 24.0 Å². The van der Waals surface area contributed by atoms with E-state index < -0.39 is 48.3 Å². The van der Waals surface area contributed by atoms with Crippen LogP contribution in [0.4, 0.5) is 0 Å². The van der Waals surface area contributed by atoms with Gasteiger partial charge in [-0.2, -0.15) is 0 Å². The van der Waals surface area contributed by atoms with Gasteiger partial charge in [0.2, 0.25) is 23.6 Å². The zero-order chi connectivity index (χ0) is 26.8. The normalized spacial score (nSPS) is 12.8. The van der Waals surface area contributed by atoms with Gasteiger partial charge < -0.3 is 55.1 Å². The lowest BCUT2D eigenvalue weighted by molar-refractivity contribution is -0.131. The summed E-state index contributed by atoms with van der Waals surface area (Å²) in [5.41, 5.74) is 31.8. The van der Waals surface area contributed by atoms with E-state index in [0.29, 0.717) is 25.5 Å². The van der Waals surface area contributed by atoms with Crippen molar-refractivity contribution in [3.05, 3.63) is 0 Å². The minimum atomic E-state index is -1.16. The van der Waals surface area contributed by atoms with Crippen molar-refractivity contribution in [2.24, 2.45) is 44.4 Å². The molecule has 0 unspecified atom stereocenters. The van der Waals surface area contributed by atoms with Crippen molar-refractivity contribution in [1.82, 2.24) is 16.0 Å². The number of nitrogens with one attached hydrogen (secondary N) is 3. The summed E-state index contributed by atoms with van der Waals surface area (Å²) < 4.78 is 0. The Kier molecular flexibility index (Phi) is 15.5. The number of guanidine groups is 2. The van der Waals surface area contributed by atoms with Crippen LogP contribution >= 0.6 is 0 Å². The van der Waals surface area contributed by atoms with Gasteiger partial charge in [0, 0.05) is 19.5 Å². The number of amides is 4. The minimum Gasteiger partial charge on any atom is -0.370 e. The summed E-state index contributed by atoms with van der Waals surface area (Å²) in [6.45, 7) is 0.0988. The lowest BCUT2D eigenvalue weighted by Crippen LogP contribution is -2.53.